The van der Waals surface area contributed by atoms with Gasteiger partial charge in [0.05, 0.1) is 0 Å². The second kappa shape index (κ2) is 7.02. The van der Waals surface area contributed by atoms with Crippen LogP contribution in [0.2, 0.25) is 0 Å². The van der Waals surface area contributed by atoms with Gasteiger partial charge in [0, 0.05) is 35.8 Å². The van der Waals surface area contributed by atoms with Crippen molar-refractivity contribution in [3.8, 4) is 10.6 Å². The Hall–Kier alpha value is -3.16. The molecule has 29 heavy (non-hydrogen) atoms. The lowest BCUT2D eigenvalue weighted by Crippen LogP contribution is -2.13. The smallest absolute Gasteiger partial charge is 0.256 e. The lowest BCUT2D eigenvalue weighted by atomic mass is 10.1. The van der Waals surface area contributed by atoms with E-state index in [4.69, 9.17) is 0 Å². The number of aryl methyl sites for hydroxylation is 1. The molecule has 5 rings (SSSR count). The van der Waals surface area contributed by atoms with E-state index in [2.05, 4.69) is 38.5 Å². The summed E-state index contributed by atoms with van der Waals surface area (Å²) >= 11 is 1.56. The second-order valence-corrected chi connectivity index (χ2v) is 8.55. The molecular weight excluding hydrogens is 382 g/mol. The lowest BCUT2D eigenvalue weighted by Gasteiger charge is -2.08. The summed E-state index contributed by atoms with van der Waals surface area (Å²) in [6.07, 6.45) is 1.78. The molecule has 6 nitrogen and oxygen atoms in total. The Morgan fingerprint density at radius 3 is 2.72 bits per heavy atom. The summed E-state index contributed by atoms with van der Waals surface area (Å²) < 4.78 is 0. The van der Waals surface area contributed by atoms with E-state index in [0.717, 1.165) is 39.4 Å². The Kier molecular flexibility index (Phi) is 4.34. The number of amides is 1. The van der Waals surface area contributed by atoms with Crippen molar-refractivity contribution in [2.45, 2.75) is 20.0 Å². The molecule has 2 aromatic carbocycles. The minimum Gasteiger partial charge on any atom is -0.307 e. The fourth-order valence-corrected chi connectivity index (χ4v) is 4.34. The Labute approximate surface area is 172 Å². The van der Waals surface area contributed by atoms with Gasteiger partial charge >= 0.3 is 0 Å². The first-order valence-corrected chi connectivity index (χ1v) is 10.2. The highest BCUT2D eigenvalue weighted by Crippen LogP contribution is 2.28. The number of pyridine rings is 1. The van der Waals surface area contributed by atoms with E-state index < -0.39 is 0 Å². The molecule has 1 aliphatic rings. The first-order valence-electron chi connectivity index (χ1n) is 9.37. The number of nitrogens with one attached hydrogen (secondary N) is 1. The number of rotatable bonds is 3. The molecule has 3 heterocycles. The van der Waals surface area contributed by atoms with Gasteiger partial charge in [-0.2, -0.15) is 0 Å². The highest BCUT2D eigenvalue weighted by molar-refractivity contribution is 7.14. The molecule has 0 bridgehead atoms. The van der Waals surface area contributed by atoms with Crippen molar-refractivity contribution in [2.75, 3.05) is 12.4 Å². The van der Waals surface area contributed by atoms with Crippen LogP contribution < -0.4 is 5.32 Å². The van der Waals surface area contributed by atoms with Gasteiger partial charge in [-0.25, -0.2) is 4.98 Å². The number of hydrogen-bond donors (Lipinski definition) is 1. The zero-order valence-corrected chi connectivity index (χ0v) is 17.0. The Morgan fingerprint density at radius 1 is 1.03 bits per heavy atom. The van der Waals surface area contributed by atoms with Crippen molar-refractivity contribution in [2.24, 2.45) is 0 Å². The predicted octanol–water partition coefficient (Wildman–Crippen LogP) is 4.26. The number of nitrogens with zero attached hydrogens (tertiary/aromatic N) is 4. The molecule has 0 spiro atoms. The molecule has 1 aliphatic heterocycles. The van der Waals surface area contributed by atoms with Gasteiger partial charge in [-0.15, -0.1) is 10.2 Å². The molecule has 0 aliphatic carbocycles. The van der Waals surface area contributed by atoms with Crippen LogP contribution in [0.3, 0.4) is 0 Å². The number of carbonyl (C=O) groups excluding carboxylic acids is 1. The molecule has 4 aromatic rings. The first-order chi connectivity index (χ1) is 14.0. The molecule has 0 saturated carbocycles. The number of fused-ring (bicyclic) bond motifs is 2. The third kappa shape index (κ3) is 3.50. The van der Waals surface area contributed by atoms with Crippen molar-refractivity contribution < 1.29 is 4.79 Å². The summed E-state index contributed by atoms with van der Waals surface area (Å²) in [5.41, 5.74) is 4.16. The van der Waals surface area contributed by atoms with Crippen molar-refractivity contribution in [3.05, 3.63) is 70.4 Å². The van der Waals surface area contributed by atoms with E-state index in [9.17, 15) is 4.79 Å². The Bertz CT molecular complexity index is 1250. The average molecular weight is 401 g/mol. The van der Waals surface area contributed by atoms with E-state index in [-0.39, 0.29) is 5.91 Å². The Morgan fingerprint density at radius 2 is 1.90 bits per heavy atom. The van der Waals surface area contributed by atoms with Crippen molar-refractivity contribution >= 4 is 33.8 Å². The highest BCUT2D eigenvalue weighted by atomic mass is 32.1. The molecule has 144 valence electrons. The fraction of sp³-hybridized carbons (Fsp3) is 0.182. The normalized spacial score (nSPS) is 13.6. The number of hydrogen-bond acceptors (Lipinski definition) is 6. The molecule has 0 saturated heterocycles. The van der Waals surface area contributed by atoms with Crippen molar-refractivity contribution in [3.63, 3.8) is 0 Å². The van der Waals surface area contributed by atoms with Crippen LogP contribution >= 0.6 is 11.3 Å². The minimum absolute atomic E-state index is 0.148. The second-order valence-electron chi connectivity index (χ2n) is 7.37. The molecule has 7 heteroatoms. The van der Waals surface area contributed by atoms with Crippen LogP contribution in [0.4, 0.5) is 5.82 Å². The summed E-state index contributed by atoms with van der Waals surface area (Å²) in [4.78, 5) is 19.4. The number of aromatic nitrogens is 3. The monoisotopic (exact) mass is 401 g/mol. The van der Waals surface area contributed by atoms with Crippen LogP contribution in [0.15, 0.2) is 48.7 Å². The quantitative estimate of drug-likeness (QED) is 0.555. The summed E-state index contributed by atoms with van der Waals surface area (Å²) in [5, 5.41) is 15.1. The van der Waals surface area contributed by atoms with Gasteiger partial charge in [-0.05, 0) is 54.8 Å². The maximum atomic E-state index is 12.7. The van der Waals surface area contributed by atoms with Gasteiger partial charge in [0.1, 0.15) is 15.8 Å². The van der Waals surface area contributed by atoms with Gasteiger partial charge < -0.3 is 5.32 Å². The van der Waals surface area contributed by atoms with Gasteiger partial charge in [-0.1, -0.05) is 29.5 Å². The van der Waals surface area contributed by atoms with Crippen LogP contribution in [-0.2, 0) is 13.1 Å². The predicted molar refractivity (Wildman–Crippen MR) is 115 cm³/mol. The molecule has 1 N–H and O–H groups in total. The van der Waals surface area contributed by atoms with Gasteiger partial charge in [0.2, 0.25) is 0 Å². The molecule has 0 atom stereocenters. The van der Waals surface area contributed by atoms with E-state index in [1.807, 2.05) is 43.3 Å². The van der Waals surface area contributed by atoms with Crippen LogP contribution in [0, 0.1) is 6.92 Å². The topological polar surface area (TPSA) is 71.0 Å². The molecule has 1 amide bonds. The van der Waals surface area contributed by atoms with E-state index >= 15 is 0 Å². The van der Waals surface area contributed by atoms with Crippen LogP contribution in [0.1, 0.15) is 26.5 Å². The zero-order valence-electron chi connectivity index (χ0n) is 16.1. The fourth-order valence-electron chi connectivity index (χ4n) is 3.65. The van der Waals surface area contributed by atoms with Crippen molar-refractivity contribution in [1.29, 1.82) is 0 Å². The molecule has 0 fully saturated rings. The van der Waals surface area contributed by atoms with Gasteiger partial charge in [0.25, 0.3) is 5.91 Å². The van der Waals surface area contributed by atoms with Crippen LogP contribution in [0.5, 0.6) is 0 Å². The van der Waals surface area contributed by atoms with Gasteiger partial charge in [-0.3, -0.25) is 9.69 Å². The minimum atomic E-state index is -0.148. The Balaban J connectivity index is 1.41. The molecular formula is C22H19N5OS. The van der Waals surface area contributed by atoms with Crippen LogP contribution in [-0.4, -0.2) is 33.0 Å². The standard InChI is InChI=1S/C22H19N5OS/c1-13-25-26-22(29-13)15-4-5-16-10-23-20(9-18(16)8-15)24-21(28)14-3-6-17-11-27(2)12-19(17)7-14/h3-10H,11-12H2,1-2H3,(H,23,24,28). The van der Waals surface area contributed by atoms with Crippen molar-refractivity contribution in [1.82, 2.24) is 20.1 Å². The third-order valence-electron chi connectivity index (χ3n) is 5.09. The maximum Gasteiger partial charge on any atom is 0.256 e. The number of anilines is 1. The maximum absolute atomic E-state index is 12.7. The highest BCUT2D eigenvalue weighted by Gasteiger charge is 2.17. The molecule has 0 unspecified atom stereocenters. The summed E-state index contributed by atoms with van der Waals surface area (Å²) in [6, 6.07) is 13.9. The summed E-state index contributed by atoms with van der Waals surface area (Å²) in [7, 11) is 2.08. The largest absolute Gasteiger partial charge is 0.307 e. The summed E-state index contributed by atoms with van der Waals surface area (Å²) in [5.74, 6) is 0.385. The van der Waals surface area contributed by atoms with Crippen LogP contribution in [0.25, 0.3) is 21.3 Å². The number of benzene rings is 2. The van der Waals surface area contributed by atoms with E-state index in [1.54, 1.807) is 17.5 Å². The molecule has 0 radical (unpaired) electrons. The summed E-state index contributed by atoms with van der Waals surface area (Å²) in [6.45, 7) is 3.75. The van der Waals surface area contributed by atoms with Gasteiger partial charge in [0.15, 0.2) is 0 Å². The SMILES string of the molecule is Cc1nnc(-c2ccc3cnc(NC(=O)c4ccc5c(c4)CN(C)C5)cc3c2)s1. The van der Waals surface area contributed by atoms with E-state index in [1.165, 1.54) is 11.1 Å². The lowest BCUT2D eigenvalue weighted by molar-refractivity contribution is 0.102. The average Bonchev–Trinajstić information content (AvgIpc) is 3.31. The molecule has 2 aromatic heterocycles. The zero-order chi connectivity index (χ0) is 20.0. The first kappa shape index (κ1) is 17.9. The van der Waals surface area contributed by atoms with E-state index in [0.29, 0.717) is 11.4 Å². The third-order valence-corrected chi connectivity index (χ3v) is 5.97. The number of carbonyl (C=O) groups is 1.